The maximum absolute atomic E-state index is 12.1. The normalized spacial score (nSPS) is 18.1. The van der Waals surface area contributed by atoms with Crippen LogP contribution in [0.2, 0.25) is 0 Å². The average molecular weight is 318 g/mol. The lowest BCUT2D eigenvalue weighted by Gasteiger charge is -2.42. The van der Waals surface area contributed by atoms with Crippen LogP contribution in [0.15, 0.2) is 24.3 Å². The van der Waals surface area contributed by atoms with Crippen LogP contribution in [0.5, 0.6) is 11.5 Å². The number of hydrogen-bond donors (Lipinski definition) is 0. The minimum atomic E-state index is -0.187. The zero-order valence-corrected chi connectivity index (χ0v) is 12.9. The first-order valence-electron chi connectivity index (χ1n) is 7.48. The molecular weight excluding hydrogens is 300 g/mol. The van der Waals surface area contributed by atoms with Crippen molar-refractivity contribution in [2.75, 3.05) is 26.8 Å². The number of methoxy groups -OCH3 is 1. The largest absolute Gasteiger partial charge is 0.493 e. The number of benzene rings is 1. The van der Waals surface area contributed by atoms with E-state index in [4.69, 9.17) is 9.47 Å². The summed E-state index contributed by atoms with van der Waals surface area (Å²) in [6, 6.07) is 6.91. The molecule has 3 amide bonds. The van der Waals surface area contributed by atoms with Gasteiger partial charge in [-0.05, 0) is 12.1 Å². The van der Waals surface area contributed by atoms with Crippen LogP contribution in [0.3, 0.4) is 0 Å². The third kappa shape index (κ3) is 2.99. The minimum absolute atomic E-state index is 0.102. The van der Waals surface area contributed by atoms with Crippen molar-refractivity contribution in [3.63, 3.8) is 0 Å². The first kappa shape index (κ1) is 15.3. The summed E-state index contributed by atoms with van der Waals surface area (Å²) in [7, 11) is 1.54. The van der Waals surface area contributed by atoms with E-state index in [1.54, 1.807) is 23.1 Å². The van der Waals surface area contributed by atoms with Gasteiger partial charge >= 0.3 is 0 Å². The molecule has 2 heterocycles. The molecule has 0 unspecified atom stereocenters. The van der Waals surface area contributed by atoms with Crippen molar-refractivity contribution in [1.29, 1.82) is 0 Å². The Kier molecular flexibility index (Phi) is 4.18. The highest BCUT2D eigenvalue weighted by atomic mass is 16.5. The van der Waals surface area contributed by atoms with Crippen molar-refractivity contribution >= 4 is 17.7 Å². The van der Waals surface area contributed by atoms with E-state index in [0.29, 0.717) is 24.6 Å². The van der Waals surface area contributed by atoms with Crippen molar-refractivity contribution in [2.45, 2.75) is 18.9 Å². The third-order valence-electron chi connectivity index (χ3n) is 4.09. The fourth-order valence-electron chi connectivity index (χ4n) is 2.79. The molecule has 0 bridgehead atoms. The van der Waals surface area contributed by atoms with Crippen LogP contribution in [0.4, 0.5) is 0 Å². The van der Waals surface area contributed by atoms with Gasteiger partial charge < -0.3 is 14.4 Å². The van der Waals surface area contributed by atoms with Crippen molar-refractivity contribution in [2.24, 2.45) is 0 Å². The van der Waals surface area contributed by atoms with Crippen LogP contribution in [0, 0.1) is 0 Å². The topological polar surface area (TPSA) is 76.2 Å². The van der Waals surface area contributed by atoms with Gasteiger partial charge in [0, 0.05) is 25.9 Å². The van der Waals surface area contributed by atoms with Crippen LogP contribution < -0.4 is 9.47 Å². The number of carbonyl (C=O) groups is 3. The Bertz CT molecular complexity index is 623. The number of ether oxygens (including phenoxy) is 2. The van der Waals surface area contributed by atoms with Crippen LogP contribution >= 0.6 is 0 Å². The van der Waals surface area contributed by atoms with Crippen molar-refractivity contribution in [1.82, 2.24) is 9.80 Å². The van der Waals surface area contributed by atoms with Gasteiger partial charge in [0.2, 0.25) is 11.8 Å². The van der Waals surface area contributed by atoms with Gasteiger partial charge in [-0.3, -0.25) is 19.3 Å². The first-order chi connectivity index (χ1) is 11.1. The second kappa shape index (κ2) is 6.28. The molecule has 0 atom stereocenters. The minimum Gasteiger partial charge on any atom is -0.493 e. The highest BCUT2D eigenvalue weighted by molar-refractivity contribution is 6.02. The summed E-state index contributed by atoms with van der Waals surface area (Å²) in [5, 5.41) is 0. The lowest BCUT2D eigenvalue weighted by Crippen LogP contribution is -2.62. The molecule has 7 heteroatoms. The third-order valence-corrected chi connectivity index (χ3v) is 4.09. The molecule has 2 aliphatic rings. The predicted octanol–water partition coefficient (Wildman–Crippen LogP) is 0.434. The number of amides is 3. The molecule has 0 spiro atoms. The fourth-order valence-corrected chi connectivity index (χ4v) is 2.79. The molecule has 0 aromatic heterocycles. The van der Waals surface area contributed by atoms with Gasteiger partial charge in [0.25, 0.3) is 5.91 Å². The SMILES string of the molecule is COc1ccccc1OCC(=O)N1CC(N2C(=O)CCC2=O)C1. The Morgan fingerprint density at radius 2 is 1.74 bits per heavy atom. The number of likely N-dealkylation sites (tertiary alicyclic amines) is 2. The predicted molar refractivity (Wildman–Crippen MR) is 79.9 cm³/mol. The Morgan fingerprint density at radius 3 is 2.35 bits per heavy atom. The second-order valence-corrected chi connectivity index (χ2v) is 5.55. The molecule has 23 heavy (non-hydrogen) atoms. The number of carbonyl (C=O) groups excluding carboxylic acids is 3. The summed E-state index contributed by atoms with van der Waals surface area (Å²) < 4.78 is 10.6. The summed E-state index contributed by atoms with van der Waals surface area (Å²) in [5.74, 6) is 0.612. The summed E-state index contributed by atoms with van der Waals surface area (Å²) in [6.45, 7) is 0.659. The Morgan fingerprint density at radius 1 is 1.13 bits per heavy atom. The summed E-state index contributed by atoms with van der Waals surface area (Å²) in [4.78, 5) is 38.3. The molecule has 2 fully saturated rings. The summed E-state index contributed by atoms with van der Waals surface area (Å²) in [5.41, 5.74) is 0. The molecule has 1 aromatic rings. The average Bonchev–Trinajstić information content (AvgIpc) is 2.84. The maximum atomic E-state index is 12.1. The van der Waals surface area contributed by atoms with Gasteiger partial charge in [-0.15, -0.1) is 0 Å². The Hall–Kier alpha value is -2.57. The molecular formula is C16H18N2O5. The van der Waals surface area contributed by atoms with Crippen LogP contribution in [0.1, 0.15) is 12.8 Å². The second-order valence-electron chi connectivity index (χ2n) is 5.55. The molecule has 3 rings (SSSR count). The number of hydrogen-bond acceptors (Lipinski definition) is 5. The first-order valence-corrected chi connectivity index (χ1v) is 7.48. The number of rotatable bonds is 5. The monoisotopic (exact) mass is 318 g/mol. The van der Waals surface area contributed by atoms with Crippen molar-refractivity contribution in [3.05, 3.63) is 24.3 Å². The highest BCUT2D eigenvalue weighted by Crippen LogP contribution is 2.26. The fraction of sp³-hybridized carbons (Fsp3) is 0.438. The molecule has 0 N–H and O–H groups in total. The van der Waals surface area contributed by atoms with Gasteiger partial charge in [0.15, 0.2) is 18.1 Å². The van der Waals surface area contributed by atoms with E-state index in [0.717, 1.165) is 0 Å². The maximum Gasteiger partial charge on any atom is 0.260 e. The molecule has 0 saturated carbocycles. The standard InChI is InChI=1S/C16H18N2O5/c1-22-12-4-2-3-5-13(12)23-10-16(21)17-8-11(9-17)18-14(19)6-7-15(18)20/h2-5,11H,6-10H2,1H3. The van der Waals surface area contributed by atoms with Gasteiger partial charge in [-0.2, -0.15) is 0 Å². The Labute approximate surface area is 133 Å². The molecule has 2 saturated heterocycles. The van der Waals surface area contributed by atoms with Gasteiger partial charge in [-0.25, -0.2) is 0 Å². The van der Waals surface area contributed by atoms with Crippen LogP contribution in [-0.2, 0) is 14.4 Å². The van der Waals surface area contributed by atoms with Crippen LogP contribution in [-0.4, -0.2) is 60.4 Å². The molecule has 122 valence electrons. The summed E-state index contributed by atoms with van der Waals surface area (Å²) in [6.07, 6.45) is 0.556. The summed E-state index contributed by atoms with van der Waals surface area (Å²) >= 11 is 0. The molecule has 7 nitrogen and oxygen atoms in total. The molecule has 1 aromatic carbocycles. The zero-order chi connectivity index (χ0) is 16.4. The lowest BCUT2D eigenvalue weighted by molar-refractivity contribution is -0.152. The molecule has 0 aliphatic carbocycles. The van der Waals surface area contributed by atoms with Gasteiger partial charge in [0.05, 0.1) is 13.2 Å². The zero-order valence-electron chi connectivity index (χ0n) is 12.9. The van der Waals surface area contributed by atoms with E-state index in [1.165, 1.54) is 12.0 Å². The van der Waals surface area contributed by atoms with E-state index in [-0.39, 0.29) is 43.2 Å². The van der Waals surface area contributed by atoms with E-state index in [1.807, 2.05) is 6.07 Å². The van der Waals surface area contributed by atoms with Gasteiger partial charge in [0.1, 0.15) is 0 Å². The molecule has 0 radical (unpaired) electrons. The van der Waals surface area contributed by atoms with E-state index in [2.05, 4.69) is 0 Å². The van der Waals surface area contributed by atoms with E-state index >= 15 is 0 Å². The quantitative estimate of drug-likeness (QED) is 0.736. The van der Waals surface area contributed by atoms with E-state index < -0.39 is 0 Å². The Balaban J connectivity index is 1.49. The molecule has 2 aliphatic heterocycles. The number of nitrogens with zero attached hydrogens (tertiary/aromatic N) is 2. The lowest BCUT2D eigenvalue weighted by atomic mass is 10.1. The van der Waals surface area contributed by atoms with Crippen molar-refractivity contribution < 1.29 is 23.9 Å². The van der Waals surface area contributed by atoms with Crippen molar-refractivity contribution in [3.8, 4) is 11.5 Å². The smallest absolute Gasteiger partial charge is 0.260 e. The van der Waals surface area contributed by atoms with Crippen LogP contribution in [0.25, 0.3) is 0 Å². The van der Waals surface area contributed by atoms with E-state index in [9.17, 15) is 14.4 Å². The highest BCUT2D eigenvalue weighted by Gasteiger charge is 2.42. The number of imide groups is 1. The number of para-hydroxylation sites is 2. The van der Waals surface area contributed by atoms with Gasteiger partial charge in [-0.1, -0.05) is 12.1 Å².